The van der Waals surface area contributed by atoms with Crippen molar-refractivity contribution < 1.29 is 97.2 Å². The lowest BCUT2D eigenvalue weighted by molar-refractivity contribution is -0.652. The molecule has 0 amide bonds. The highest BCUT2D eigenvalue weighted by molar-refractivity contribution is 7.20. The number of hydrogen-bond acceptors (Lipinski definition) is 2. The number of rotatable bonds is 7. The van der Waals surface area contributed by atoms with E-state index in [1.807, 2.05) is 58.6 Å². The molecule has 0 aliphatic rings. The maximum absolute atomic E-state index is 15.4. The van der Waals surface area contributed by atoms with Crippen molar-refractivity contribution in [2.24, 2.45) is 0 Å². The highest BCUT2D eigenvalue weighted by Crippen LogP contribution is 2.31. The second kappa shape index (κ2) is 17.0. The number of halogens is 20. The molecule has 0 unspecified atom stereocenters. The SMILES string of the molecule is Fc1c(F)c(F)c([B-](c2c(F)c(F)c(F)c(F)c2F)(c2c(F)c(F)c(F)c(F)c2F)c2c(F)c(F)c(F)c(F)c2F)c(F)c1F.O=C(C[n+]1csc2ccccc21)c1ccccc1. The van der Waals surface area contributed by atoms with Crippen LogP contribution in [0.1, 0.15) is 10.4 Å². The number of carbonyl (C=O) groups excluding carboxylic acids is 1. The topological polar surface area (TPSA) is 20.9 Å². The van der Waals surface area contributed by atoms with Gasteiger partial charge in [0.15, 0.2) is 69.8 Å². The molecule has 0 aliphatic heterocycles. The molecular weight excluding hydrogens is 921 g/mol. The molecule has 1 heterocycles. The summed E-state index contributed by atoms with van der Waals surface area (Å²) in [6.45, 7) is 0.397. The average molecular weight is 933 g/mol. The molecule has 63 heavy (non-hydrogen) atoms. The summed E-state index contributed by atoms with van der Waals surface area (Å²) in [6, 6.07) is 17.6. The van der Waals surface area contributed by atoms with Crippen molar-refractivity contribution in [1.82, 2.24) is 0 Å². The maximum Gasteiger partial charge on any atom is 0.227 e. The third-order valence-corrected chi connectivity index (χ3v) is 10.6. The highest BCUT2D eigenvalue weighted by atomic mass is 32.1. The number of benzene rings is 6. The minimum absolute atomic E-state index is 0.143. The van der Waals surface area contributed by atoms with E-state index in [0.29, 0.717) is 6.54 Å². The Kier molecular flexibility index (Phi) is 12.4. The van der Waals surface area contributed by atoms with Crippen LogP contribution >= 0.6 is 11.3 Å². The summed E-state index contributed by atoms with van der Waals surface area (Å²) in [4.78, 5) is 12.1. The van der Waals surface area contributed by atoms with Gasteiger partial charge < -0.3 is 0 Å². The van der Waals surface area contributed by atoms with Crippen LogP contribution in [0.4, 0.5) is 87.8 Å². The van der Waals surface area contributed by atoms with Crippen molar-refractivity contribution >= 4 is 55.3 Å². The molecule has 0 aliphatic carbocycles. The first kappa shape index (κ1) is 46.1. The number of nitrogens with zero attached hydrogens (tertiary/aromatic N) is 1. The molecule has 0 atom stereocenters. The highest BCUT2D eigenvalue weighted by Gasteiger charge is 2.52. The van der Waals surface area contributed by atoms with Gasteiger partial charge in [0.25, 0.3) is 0 Å². The summed E-state index contributed by atoms with van der Waals surface area (Å²) in [5.74, 6) is -71.3. The Morgan fingerprint density at radius 1 is 0.381 bits per heavy atom. The van der Waals surface area contributed by atoms with Crippen molar-refractivity contribution in [2.45, 2.75) is 6.54 Å². The number of thiazole rings is 1. The van der Waals surface area contributed by atoms with E-state index in [2.05, 4.69) is 6.07 Å². The Morgan fingerprint density at radius 3 is 0.968 bits per heavy atom. The molecule has 0 saturated carbocycles. The first-order valence-electron chi connectivity index (χ1n) is 16.7. The van der Waals surface area contributed by atoms with Crippen molar-refractivity contribution in [3.05, 3.63) is 182 Å². The van der Waals surface area contributed by atoms with Crippen LogP contribution in [0, 0.1) is 116 Å². The molecular formula is C39H12BF20NOS. The Labute approximate surface area is 340 Å². The van der Waals surface area contributed by atoms with Crippen LogP contribution in [0.15, 0.2) is 60.1 Å². The van der Waals surface area contributed by atoms with Crippen molar-refractivity contribution in [3.63, 3.8) is 0 Å². The fourth-order valence-electron chi connectivity index (χ4n) is 6.84. The van der Waals surface area contributed by atoms with E-state index in [1.165, 1.54) is 4.70 Å². The molecule has 6 aromatic carbocycles. The fourth-order valence-corrected chi connectivity index (χ4v) is 7.73. The Hall–Kier alpha value is -6.46. The van der Waals surface area contributed by atoms with Crippen molar-refractivity contribution in [1.29, 1.82) is 0 Å². The third-order valence-electron chi connectivity index (χ3n) is 9.60. The van der Waals surface area contributed by atoms with Gasteiger partial charge in [-0.15, -0.1) is 21.9 Å². The summed E-state index contributed by atoms with van der Waals surface area (Å²) >= 11 is 1.66. The largest absolute Gasteiger partial charge is 0.287 e. The monoisotopic (exact) mass is 933 g/mol. The molecule has 7 rings (SSSR count). The first-order chi connectivity index (χ1) is 29.5. The van der Waals surface area contributed by atoms with Crippen LogP contribution in [0.2, 0.25) is 0 Å². The standard InChI is InChI=1S/C24BF20.C15H12NOS/c26-5-1(6(27)14(35)21(42)13(5)34)25(2-7(28)15(36)22(43)16(37)8(2)29,3-9(30)17(38)23(44)18(39)10(3)31)4-11(32)19(40)24(45)20(41)12(4)33;17-14(12-6-2-1-3-7-12)10-16-11-18-15-9-5-4-8-13(15)16/h;1-9,11H,10H2/q-1;+1. The van der Waals surface area contributed by atoms with Gasteiger partial charge in [-0.3, -0.25) is 4.79 Å². The first-order valence-corrected chi connectivity index (χ1v) is 17.6. The Balaban J connectivity index is 0.000000302. The maximum atomic E-state index is 15.4. The minimum atomic E-state index is -7.22. The number of carbonyl (C=O) groups is 1. The molecule has 0 saturated heterocycles. The smallest absolute Gasteiger partial charge is 0.227 e. The average Bonchev–Trinajstić information content (AvgIpc) is 3.69. The van der Waals surface area contributed by atoms with E-state index in [-0.39, 0.29) is 5.78 Å². The molecule has 2 nitrogen and oxygen atoms in total. The summed E-state index contributed by atoms with van der Waals surface area (Å²) in [5.41, 5.74) is -10.4. The van der Waals surface area contributed by atoms with Crippen LogP contribution in [0.25, 0.3) is 10.2 Å². The number of hydrogen-bond donors (Lipinski definition) is 0. The number of fused-ring (bicyclic) bond motifs is 1. The van der Waals surface area contributed by atoms with Crippen LogP contribution < -0.4 is 26.4 Å². The van der Waals surface area contributed by atoms with E-state index in [4.69, 9.17) is 0 Å². The quantitative estimate of drug-likeness (QED) is 0.0391. The predicted octanol–water partition coefficient (Wildman–Crippen LogP) is 8.92. The Bertz CT molecular complexity index is 2630. The predicted molar refractivity (Wildman–Crippen MR) is 182 cm³/mol. The van der Waals surface area contributed by atoms with E-state index in [9.17, 15) is 57.5 Å². The molecule has 0 radical (unpaired) electrons. The summed E-state index contributed by atoms with van der Waals surface area (Å²) in [7, 11) is 0. The summed E-state index contributed by atoms with van der Waals surface area (Å²) in [5, 5.41) is 0. The number of para-hydroxylation sites is 1. The van der Waals surface area contributed by atoms with Crippen LogP contribution in [0.3, 0.4) is 0 Å². The van der Waals surface area contributed by atoms with Crippen LogP contribution in [-0.4, -0.2) is 11.9 Å². The number of ketones is 1. The minimum Gasteiger partial charge on any atom is -0.287 e. The molecule has 0 fully saturated rings. The zero-order valence-electron chi connectivity index (χ0n) is 29.9. The zero-order valence-corrected chi connectivity index (χ0v) is 30.7. The van der Waals surface area contributed by atoms with Gasteiger partial charge in [-0.25, -0.2) is 87.8 Å². The van der Waals surface area contributed by atoms with E-state index in [1.54, 1.807) is 11.3 Å². The Morgan fingerprint density at radius 2 is 0.651 bits per heavy atom. The molecule has 328 valence electrons. The van der Waals surface area contributed by atoms with Gasteiger partial charge >= 0.3 is 0 Å². The van der Waals surface area contributed by atoms with E-state index < -0.39 is 144 Å². The van der Waals surface area contributed by atoms with Gasteiger partial charge in [-0.1, -0.05) is 53.8 Å². The van der Waals surface area contributed by atoms with Gasteiger partial charge in [0.2, 0.25) is 23.4 Å². The van der Waals surface area contributed by atoms with E-state index >= 15 is 35.1 Å². The molecule has 24 heteroatoms. The second-order valence-corrected chi connectivity index (χ2v) is 13.8. The lowest BCUT2D eigenvalue weighted by atomic mass is 9.12. The molecule has 7 aromatic rings. The molecule has 0 N–H and O–H groups in total. The molecule has 1 aromatic heterocycles. The van der Waals surface area contributed by atoms with Gasteiger partial charge in [0.05, 0.1) is 0 Å². The molecule has 0 bridgehead atoms. The van der Waals surface area contributed by atoms with Crippen LogP contribution in [0.5, 0.6) is 0 Å². The number of Topliss-reactive ketones (excluding diaryl/α,β-unsaturated/α-hetero) is 1. The van der Waals surface area contributed by atoms with Gasteiger partial charge in [0.1, 0.15) is 57.4 Å². The fraction of sp³-hybridized carbons (Fsp3) is 0.0256. The normalized spacial score (nSPS) is 11.6. The van der Waals surface area contributed by atoms with Gasteiger partial charge in [-0.05, 0) is 6.07 Å². The summed E-state index contributed by atoms with van der Waals surface area (Å²) in [6.07, 6.45) is -7.22. The lowest BCUT2D eigenvalue weighted by Gasteiger charge is -2.44. The lowest BCUT2D eigenvalue weighted by Crippen LogP contribution is -2.81. The molecule has 0 spiro atoms. The van der Waals surface area contributed by atoms with Crippen molar-refractivity contribution in [3.8, 4) is 0 Å². The summed E-state index contributed by atoms with van der Waals surface area (Å²) < 4.78 is 297. The van der Waals surface area contributed by atoms with E-state index in [0.717, 1.165) is 11.1 Å². The van der Waals surface area contributed by atoms with Crippen molar-refractivity contribution in [2.75, 3.05) is 0 Å². The zero-order chi connectivity index (χ0) is 46.7. The second-order valence-electron chi connectivity index (χ2n) is 12.9. The third kappa shape index (κ3) is 7.12. The van der Waals surface area contributed by atoms with Gasteiger partial charge in [-0.2, -0.15) is 4.57 Å². The number of aromatic nitrogens is 1. The van der Waals surface area contributed by atoms with Gasteiger partial charge in [0, 0.05) is 11.6 Å². The van der Waals surface area contributed by atoms with Crippen LogP contribution in [-0.2, 0) is 6.54 Å².